The third kappa shape index (κ3) is 4.07. The lowest BCUT2D eigenvalue weighted by molar-refractivity contribution is 1.18. The summed E-state index contributed by atoms with van der Waals surface area (Å²) in [6, 6.07) is 59.7. The normalized spacial score (nSPS) is 11.6. The van der Waals surface area contributed by atoms with Gasteiger partial charge in [-0.25, -0.2) is 0 Å². The number of hydrogen-bond donors (Lipinski definition) is 0. The molecule has 0 saturated heterocycles. The van der Waals surface area contributed by atoms with Crippen LogP contribution < -0.4 is 0 Å². The van der Waals surface area contributed by atoms with Gasteiger partial charge in [0.15, 0.2) is 0 Å². The molecular formula is C42H27NS. The fourth-order valence-electron chi connectivity index (χ4n) is 6.66. The zero-order valence-electron chi connectivity index (χ0n) is 23.9. The van der Waals surface area contributed by atoms with Crippen LogP contribution >= 0.6 is 11.3 Å². The van der Waals surface area contributed by atoms with E-state index >= 15 is 0 Å². The van der Waals surface area contributed by atoms with Crippen molar-refractivity contribution in [3.8, 4) is 39.1 Å². The zero-order chi connectivity index (χ0) is 29.0. The second-order valence-electron chi connectivity index (χ2n) is 11.4. The second-order valence-corrected chi connectivity index (χ2v) is 12.5. The highest BCUT2D eigenvalue weighted by atomic mass is 32.1. The molecule has 0 aliphatic heterocycles. The van der Waals surface area contributed by atoms with E-state index in [1.54, 1.807) is 0 Å². The molecule has 2 heteroatoms. The fraction of sp³-hybridized carbons (Fsp3) is 0. The quantitative estimate of drug-likeness (QED) is 0.196. The molecule has 0 saturated carbocycles. The Morgan fingerprint density at radius 3 is 1.52 bits per heavy atom. The molecule has 9 rings (SSSR count). The van der Waals surface area contributed by atoms with Crippen LogP contribution in [0.25, 0.3) is 81.0 Å². The van der Waals surface area contributed by atoms with Gasteiger partial charge in [-0.05, 0) is 88.0 Å². The first kappa shape index (κ1) is 25.1. The molecule has 0 amide bonds. The molecule has 0 bridgehead atoms. The Bertz CT molecular complexity index is 2410. The summed E-state index contributed by atoms with van der Waals surface area (Å²) >= 11 is 1.88. The van der Waals surface area contributed by atoms with Gasteiger partial charge in [-0.1, -0.05) is 109 Å². The standard InChI is InChI=1S/C42H27NS/c1-3-11-28(12-4-1)31-23-32(29-13-5-2-6-14-29)25-33(24-31)30-19-21-34(22-20-30)43-39-17-9-7-15-35(39)37-26-38-36-16-8-10-18-41(36)44-42(38)27-40(37)43/h1-27H. The molecular weight excluding hydrogens is 551 g/mol. The molecule has 0 atom stereocenters. The first-order chi connectivity index (χ1) is 21.8. The van der Waals surface area contributed by atoms with Crippen LogP contribution in [-0.2, 0) is 0 Å². The molecule has 7 aromatic carbocycles. The van der Waals surface area contributed by atoms with Crippen molar-refractivity contribution in [3.63, 3.8) is 0 Å². The molecule has 44 heavy (non-hydrogen) atoms. The highest BCUT2D eigenvalue weighted by Gasteiger charge is 2.16. The van der Waals surface area contributed by atoms with E-state index in [0.29, 0.717) is 0 Å². The Kier molecular flexibility index (Phi) is 5.75. The van der Waals surface area contributed by atoms with Gasteiger partial charge in [-0.3, -0.25) is 0 Å². The van der Waals surface area contributed by atoms with Crippen molar-refractivity contribution in [2.45, 2.75) is 0 Å². The van der Waals surface area contributed by atoms with Crippen LogP contribution in [0.3, 0.4) is 0 Å². The van der Waals surface area contributed by atoms with Gasteiger partial charge in [0, 0.05) is 36.6 Å². The lowest BCUT2D eigenvalue weighted by Gasteiger charge is -2.13. The van der Waals surface area contributed by atoms with Crippen LogP contribution in [0.1, 0.15) is 0 Å². The number of rotatable bonds is 4. The van der Waals surface area contributed by atoms with Crippen LogP contribution in [0, 0.1) is 0 Å². The van der Waals surface area contributed by atoms with E-state index < -0.39 is 0 Å². The summed E-state index contributed by atoms with van der Waals surface area (Å²) in [5.41, 5.74) is 11.0. The third-order valence-corrected chi connectivity index (χ3v) is 9.91. The number of thiophene rings is 1. The highest BCUT2D eigenvalue weighted by molar-refractivity contribution is 7.25. The van der Waals surface area contributed by atoms with Gasteiger partial charge in [0.25, 0.3) is 0 Å². The van der Waals surface area contributed by atoms with Gasteiger partial charge >= 0.3 is 0 Å². The molecule has 0 spiro atoms. The predicted octanol–water partition coefficient (Wildman–Crippen LogP) is 12.2. The molecule has 206 valence electrons. The average Bonchev–Trinajstić information content (AvgIpc) is 3.62. The number of para-hydroxylation sites is 1. The maximum atomic E-state index is 2.42. The fourth-order valence-corrected chi connectivity index (χ4v) is 7.78. The van der Waals surface area contributed by atoms with Crippen molar-refractivity contribution in [2.75, 3.05) is 0 Å². The molecule has 0 unspecified atom stereocenters. The van der Waals surface area contributed by atoms with Crippen molar-refractivity contribution in [2.24, 2.45) is 0 Å². The molecule has 2 heterocycles. The number of aromatic nitrogens is 1. The summed E-state index contributed by atoms with van der Waals surface area (Å²) < 4.78 is 5.09. The van der Waals surface area contributed by atoms with Gasteiger partial charge in [-0.15, -0.1) is 11.3 Å². The van der Waals surface area contributed by atoms with Crippen LogP contribution in [-0.4, -0.2) is 4.57 Å². The average molecular weight is 578 g/mol. The van der Waals surface area contributed by atoms with Gasteiger partial charge in [-0.2, -0.15) is 0 Å². The number of benzene rings is 7. The van der Waals surface area contributed by atoms with Crippen molar-refractivity contribution >= 4 is 53.3 Å². The Hall–Kier alpha value is -5.44. The minimum absolute atomic E-state index is 1.17. The van der Waals surface area contributed by atoms with Crippen molar-refractivity contribution in [1.29, 1.82) is 0 Å². The predicted molar refractivity (Wildman–Crippen MR) is 190 cm³/mol. The van der Waals surface area contributed by atoms with Gasteiger partial charge in [0.1, 0.15) is 0 Å². The van der Waals surface area contributed by atoms with Crippen molar-refractivity contribution < 1.29 is 0 Å². The molecule has 2 aromatic heterocycles. The van der Waals surface area contributed by atoms with Crippen LogP contribution in [0.5, 0.6) is 0 Å². The SMILES string of the molecule is c1ccc(-c2cc(-c3ccccc3)cc(-c3ccc(-n4c5ccccc5c5cc6c(cc54)sc4ccccc46)cc3)c2)cc1. The highest BCUT2D eigenvalue weighted by Crippen LogP contribution is 2.41. The topological polar surface area (TPSA) is 4.93 Å². The Balaban J connectivity index is 1.21. The van der Waals surface area contributed by atoms with E-state index in [0.717, 1.165) is 0 Å². The smallest absolute Gasteiger partial charge is 0.0555 e. The van der Waals surface area contributed by atoms with Gasteiger partial charge < -0.3 is 4.57 Å². The summed E-state index contributed by atoms with van der Waals surface area (Å²) in [7, 11) is 0. The zero-order valence-corrected chi connectivity index (χ0v) is 24.8. The van der Waals surface area contributed by atoms with E-state index in [4.69, 9.17) is 0 Å². The van der Waals surface area contributed by atoms with Gasteiger partial charge in [0.2, 0.25) is 0 Å². The molecule has 9 aromatic rings. The van der Waals surface area contributed by atoms with Crippen LogP contribution in [0.4, 0.5) is 0 Å². The van der Waals surface area contributed by atoms with E-state index in [9.17, 15) is 0 Å². The van der Waals surface area contributed by atoms with Crippen LogP contribution in [0.2, 0.25) is 0 Å². The first-order valence-electron chi connectivity index (χ1n) is 15.0. The first-order valence-corrected chi connectivity index (χ1v) is 15.8. The number of hydrogen-bond acceptors (Lipinski definition) is 1. The molecule has 0 fully saturated rings. The number of nitrogens with zero attached hydrogens (tertiary/aromatic N) is 1. The minimum atomic E-state index is 1.17. The Morgan fingerprint density at radius 2 is 0.864 bits per heavy atom. The largest absolute Gasteiger partial charge is 0.309 e. The molecule has 0 aliphatic carbocycles. The second kappa shape index (κ2) is 10.1. The molecule has 0 N–H and O–H groups in total. The van der Waals surface area contributed by atoms with Crippen molar-refractivity contribution in [3.05, 3.63) is 164 Å². The lowest BCUT2D eigenvalue weighted by Crippen LogP contribution is -1.94. The van der Waals surface area contributed by atoms with Gasteiger partial charge in [0.05, 0.1) is 11.0 Å². The summed E-state index contributed by atoms with van der Waals surface area (Å²) in [6.45, 7) is 0. The molecule has 0 radical (unpaired) electrons. The summed E-state index contributed by atoms with van der Waals surface area (Å²) in [5.74, 6) is 0. The lowest BCUT2D eigenvalue weighted by atomic mass is 9.93. The Morgan fingerprint density at radius 1 is 0.318 bits per heavy atom. The molecule has 1 nitrogen and oxygen atoms in total. The monoisotopic (exact) mass is 577 g/mol. The van der Waals surface area contributed by atoms with E-state index in [1.807, 2.05) is 11.3 Å². The summed E-state index contributed by atoms with van der Waals surface area (Å²) in [6.07, 6.45) is 0. The summed E-state index contributed by atoms with van der Waals surface area (Å²) in [4.78, 5) is 0. The van der Waals surface area contributed by atoms with E-state index in [1.165, 1.54) is 81.0 Å². The summed E-state index contributed by atoms with van der Waals surface area (Å²) in [5, 5.41) is 5.25. The number of fused-ring (bicyclic) bond motifs is 6. The van der Waals surface area contributed by atoms with E-state index in [2.05, 4.69) is 168 Å². The third-order valence-electron chi connectivity index (χ3n) is 8.78. The maximum Gasteiger partial charge on any atom is 0.0555 e. The van der Waals surface area contributed by atoms with E-state index in [-0.39, 0.29) is 0 Å². The van der Waals surface area contributed by atoms with Crippen LogP contribution in [0.15, 0.2) is 164 Å². The maximum absolute atomic E-state index is 2.42. The molecule has 0 aliphatic rings. The Labute approximate surface area is 259 Å². The minimum Gasteiger partial charge on any atom is -0.309 e. The van der Waals surface area contributed by atoms with Crippen molar-refractivity contribution in [1.82, 2.24) is 4.57 Å².